The number of hydrazine groups is 1. The van der Waals surface area contributed by atoms with Crippen LogP contribution in [0, 0.1) is 0 Å². The van der Waals surface area contributed by atoms with E-state index in [-0.39, 0.29) is 0 Å². The van der Waals surface area contributed by atoms with Crippen LogP contribution in [0.2, 0.25) is 0 Å². The molecule has 0 aromatic heterocycles. The molecule has 0 unspecified atom stereocenters. The SMILES string of the molecule is CC(=O)NN(c1ccccc1)S(C)(=O)=O. The molecule has 0 atom stereocenters. The summed E-state index contributed by atoms with van der Waals surface area (Å²) in [5.74, 6) is -0.440. The molecule has 0 saturated carbocycles. The number of anilines is 1. The van der Waals surface area contributed by atoms with Crippen LogP contribution in [0.3, 0.4) is 0 Å². The lowest BCUT2D eigenvalue weighted by Gasteiger charge is -2.21. The summed E-state index contributed by atoms with van der Waals surface area (Å²) in [5, 5.41) is 0. The van der Waals surface area contributed by atoms with E-state index in [4.69, 9.17) is 0 Å². The van der Waals surface area contributed by atoms with Crippen molar-refractivity contribution in [3.05, 3.63) is 30.3 Å². The Morgan fingerprint density at radius 1 is 1.27 bits per heavy atom. The van der Waals surface area contributed by atoms with Gasteiger partial charge in [0.25, 0.3) is 0 Å². The molecule has 0 heterocycles. The van der Waals surface area contributed by atoms with Crippen LogP contribution < -0.4 is 9.84 Å². The molecule has 0 aliphatic heterocycles. The average Bonchev–Trinajstić information content (AvgIpc) is 2.14. The highest BCUT2D eigenvalue weighted by atomic mass is 32.2. The van der Waals surface area contributed by atoms with E-state index in [1.54, 1.807) is 30.3 Å². The summed E-state index contributed by atoms with van der Waals surface area (Å²) >= 11 is 0. The van der Waals surface area contributed by atoms with E-state index >= 15 is 0 Å². The minimum Gasteiger partial charge on any atom is -0.274 e. The first kappa shape index (κ1) is 11.5. The minimum absolute atomic E-state index is 0.398. The molecule has 6 heteroatoms. The molecule has 1 N–H and O–H groups in total. The zero-order valence-corrected chi connectivity index (χ0v) is 9.28. The number of carbonyl (C=O) groups excluding carboxylic acids is 1. The molecular weight excluding hydrogens is 216 g/mol. The van der Waals surface area contributed by atoms with Crippen molar-refractivity contribution < 1.29 is 13.2 Å². The van der Waals surface area contributed by atoms with Crippen molar-refractivity contribution >= 4 is 21.6 Å². The molecular formula is C9H12N2O3S. The topological polar surface area (TPSA) is 66.5 Å². The summed E-state index contributed by atoms with van der Waals surface area (Å²) in [4.78, 5) is 10.9. The number of carbonyl (C=O) groups is 1. The molecule has 0 aliphatic rings. The van der Waals surface area contributed by atoms with E-state index in [1.165, 1.54) is 6.92 Å². The first-order valence-electron chi connectivity index (χ1n) is 4.24. The lowest BCUT2D eigenvalue weighted by atomic mass is 10.3. The molecule has 1 rings (SSSR count). The van der Waals surface area contributed by atoms with Gasteiger partial charge >= 0.3 is 0 Å². The second kappa shape index (κ2) is 4.31. The second-order valence-corrected chi connectivity index (χ2v) is 4.86. The molecule has 1 amide bonds. The van der Waals surface area contributed by atoms with Gasteiger partial charge in [0.15, 0.2) is 0 Å². The quantitative estimate of drug-likeness (QED) is 0.766. The van der Waals surface area contributed by atoms with E-state index in [0.29, 0.717) is 5.69 Å². The maximum absolute atomic E-state index is 11.4. The van der Waals surface area contributed by atoms with Crippen LogP contribution in [-0.2, 0) is 14.8 Å². The van der Waals surface area contributed by atoms with Gasteiger partial charge in [-0.25, -0.2) is 8.42 Å². The summed E-state index contributed by atoms with van der Waals surface area (Å²) in [6.45, 7) is 1.25. The number of rotatable bonds is 3. The Morgan fingerprint density at radius 2 is 1.80 bits per heavy atom. The highest BCUT2D eigenvalue weighted by molar-refractivity contribution is 7.92. The van der Waals surface area contributed by atoms with Crippen LogP contribution in [0.1, 0.15) is 6.92 Å². The van der Waals surface area contributed by atoms with Crippen molar-refractivity contribution in [2.75, 3.05) is 10.7 Å². The number of hydrogen-bond donors (Lipinski definition) is 1. The molecule has 0 radical (unpaired) electrons. The smallest absolute Gasteiger partial charge is 0.249 e. The van der Waals surface area contributed by atoms with Gasteiger partial charge in [0, 0.05) is 6.92 Å². The zero-order chi connectivity index (χ0) is 11.5. The number of hydrogen-bond acceptors (Lipinski definition) is 3. The van der Waals surface area contributed by atoms with Gasteiger partial charge in [-0.2, -0.15) is 4.41 Å². The number of amides is 1. The van der Waals surface area contributed by atoms with Gasteiger partial charge in [0.05, 0.1) is 11.9 Å². The molecule has 0 saturated heterocycles. The Balaban J connectivity index is 3.08. The Bertz CT molecular complexity index is 442. The highest BCUT2D eigenvalue weighted by Crippen LogP contribution is 2.13. The molecule has 5 nitrogen and oxygen atoms in total. The van der Waals surface area contributed by atoms with E-state index in [1.807, 2.05) is 0 Å². The van der Waals surface area contributed by atoms with Gasteiger partial charge in [-0.1, -0.05) is 18.2 Å². The number of sulfonamides is 1. The Morgan fingerprint density at radius 3 is 2.20 bits per heavy atom. The Kier molecular flexibility index (Phi) is 3.31. The monoisotopic (exact) mass is 228 g/mol. The maximum Gasteiger partial charge on any atom is 0.249 e. The summed E-state index contributed by atoms with van der Waals surface area (Å²) < 4.78 is 23.6. The van der Waals surface area contributed by atoms with Crippen molar-refractivity contribution in [3.8, 4) is 0 Å². The normalized spacial score (nSPS) is 10.8. The van der Waals surface area contributed by atoms with Crippen LogP contribution in [0.15, 0.2) is 30.3 Å². The van der Waals surface area contributed by atoms with Gasteiger partial charge in [0.2, 0.25) is 15.9 Å². The van der Waals surface area contributed by atoms with Gasteiger partial charge in [-0.15, -0.1) is 0 Å². The van der Waals surface area contributed by atoms with Crippen molar-refractivity contribution in [2.45, 2.75) is 6.92 Å². The summed E-state index contributed by atoms with van der Waals surface area (Å²) in [5.41, 5.74) is 2.64. The fourth-order valence-electron chi connectivity index (χ4n) is 1.05. The third-order valence-corrected chi connectivity index (χ3v) is 2.55. The molecule has 1 aromatic rings. The predicted octanol–water partition coefficient (Wildman–Crippen LogP) is 0.504. The first-order chi connectivity index (χ1) is 6.91. The Labute approximate surface area is 88.7 Å². The summed E-state index contributed by atoms with van der Waals surface area (Å²) in [6, 6.07) is 8.33. The predicted molar refractivity (Wildman–Crippen MR) is 57.6 cm³/mol. The van der Waals surface area contributed by atoms with Crippen molar-refractivity contribution in [2.24, 2.45) is 0 Å². The molecule has 0 spiro atoms. The van der Waals surface area contributed by atoms with Crippen LogP contribution in [0.25, 0.3) is 0 Å². The largest absolute Gasteiger partial charge is 0.274 e. The Hall–Kier alpha value is -1.56. The van der Waals surface area contributed by atoms with E-state index < -0.39 is 15.9 Å². The van der Waals surface area contributed by atoms with Crippen molar-refractivity contribution in [1.29, 1.82) is 0 Å². The molecule has 0 fully saturated rings. The van der Waals surface area contributed by atoms with E-state index in [0.717, 1.165) is 10.7 Å². The van der Waals surface area contributed by atoms with E-state index in [9.17, 15) is 13.2 Å². The van der Waals surface area contributed by atoms with Crippen LogP contribution in [-0.4, -0.2) is 20.6 Å². The maximum atomic E-state index is 11.4. The molecule has 0 bridgehead atoms. The second-order valence-electron chi connectivity index (χ2n) is 3.03. The third-order valence-electron chi connectivity index (χ3n) is 1.58. The van der Waals surface area contributed by atoms with Gasteiger partial charge in [0.1, 0.15) is 0 Å². The van der Waals surface area contributed by atoms with Gasteiger partial charge < -0.3 is 0 Å². The van der Waals surface area contributed by atoms with Gasteiger partial charge in [-0.05, 0) is 12.1 Å². The third kappa shape index (κ3) is 3.25. The number of nitrogens with zero attached hydrogens (tertiary/aromatic N) is 1. The fraction of sp³-hybridized carbons (Fsp3) is 0.222. The zero-order valence-electron chi connectivity index (χ0n) is 8.47. The average molecular weight is 228 g/mol. The fourth-order valence-corrected chi connectivity index (χ4v) is 1.84. The minimum atomic E-state index is -3.51. The van der Waals surface area contributed by atoms with Crippen molar-refractivity contribution in [3.63, 3.8) is 0 Å². The molecule has 15 heavy (non-hydrogen) atoms. The molecule has 1 aromatic carbocycles. The first-order valence-corrected chi connectivity index (χ1v) is 6.08. The number of nitrogens with one attached hydrogen (secondary N) is 1. The molecule has 0 aliphatic carbocycles. The number of para-hydroxylation sites is 1. The lowest BCUT2D eigenvalue weighted by Crippen LogP contribution is -2.44. The number of benzene rings is 1. The lowest BCUT2D eigenvalue weighted by molar-refractivity contribution is -0.118. The van der Waals surface area contributed by atoms with Gasteiger partial charge in [-0.3, -0.25) is 10.2 Å². The molecule has 82 valence electrons. The standard InChI is InChI=1S/C9H12N2O3S/c1-8(12)10-11(15(2,13)14)9-6-4-3-5-7-9/h3-7H,1-2H3,(H,10,12). The van der Waals surface area contributed by atoms with Crippen LogP contribution >= 0.6 is 0 Å². The highest BCUT2D eigenvalue weighted by Gasteiger charge is 2.17. The summed E-state index contributed by atoms with van der Waals surface area (Å²) in [6.07, 6.45) is 1.02. The van der Waals surface area contributed by atoms with Crippen LogP contribution in [0.4, 0.5) is 5.69 Å². The van der Waals surface area contributed by atoms with Crippen molar-refractivity contribution in [1.82, 2.24) is 5.43 Å². The summed E-state index contributed by atoms with van der Waals surface area (Å²) in [7, 11) is -3.51. The van der Waals surface area contributed by atoms with E-state index in [2.05, 4.69) is 5.43 Å². The van der Waals surface area contributed by atoms with Crippen LogP contribution in [0.5, 0.6) is 0 Å².